The third-order valence-corrected chi connectivity index (χ3v) is 2.61. The molecule has 0 amide bonds. The van der Waals surface area contributed by atoms with Crippen molar-refractivity contribution >= 4 is 0 Å². The van der Waals surface area contributed by atoms with Crippen molar-refractivity contribution in [3.8, 4) is 0 Å². The Morgan fingerprint density at radius 3 is 3.00 bits per heavy atom. The van der Waals surface area contributed by atoms with Gasteiger partial charge >= 0.3 is 0 Å². The van der Waals surface area contributed by atoms with Gasteiger partial charge in [-0.3, -0.25) is 0 Å². The van der Waals surface area contributed by atoms with Crippen molar-refractivity contribution in [2.45, 2.75) is 32.4 Å². The third-order valence-electron chi connectivity index (χ3n) is 2.61. The highest BCUT2D eigenvalue weighted by Crippen LogP contribution is 2.24. The highest BCUT2D eigenvalue weighted by molar-refractivity contribution is 5.03. The molecule has 1 unspecified atom stereocenters. The number of ether oxygens (including phenoxy) is 1. The van der Waals surface area contributed by atoms with Crippen LogP contribution in [0.1, 0.15) is 30.9 Å². The minimum atomic E-state index is -0.0472. The molecule has 14 heavy (non-hydrogen) atoms. The lowest BCUT2D eigenvalue weighted by atomic mass is 10.1. The first-order valence-electron chi connectivity index (χ1n) is 4.97. The molecule has 2 rings (SSSR count). The number of aromatic nitrogens is 3. The van der Waals surface area contributed by atoms with Gasteiger partial charge in [-0.2, -0.15) is 0 Å². The van der Waals surface area contributed by atoms with Gasteiger partial charge in [0, 0.05) is 19.1 Å². The van der Waals surface area contributed by atoms with Crippen LogP contribution in [0.4, 0.5) is 0 Å². The van der Waals surface area contributed by atoms with Gasteiger partial charge in [-0.05, 0) is 13.3 Å². The molecule has 1 aromatic heterocycles. The smallest absolute Gasteiger partial charge is 0.158 e. The molecule has 0 aromatic carbocycles. The minimum absolute atomic E-state index is 0.0472. The number of nitrogens with zero attached hydrogens (tertiary/aromatic N) is 3. The van der Waals surface area contributed by atoms with E-state index in [1.807, 2.05) is 11.5 Å². The van der Waals surface area contributed by atoms with Gasteiger partial charge in [0.2, 0.25) is 0 Å². The molecule has 78 valence electrons. The van der Waals surface area contributed by atoms with Crippen molar-refractivity contribution in [3.05, 3.63) is 11.6 Å². The molecule has 0 spiro atoms. The number of hydrogen-bond acceptors (Lipinski definition) is 4. The number of aliphatic hydroxyl groups is 1. The Labute approximate surface area is 82.7 Å². The van der Waals surface area contributed by atoms with Crippen LogP contribution >= 0.6 is 0 Å². The van der Waals surface area contributed by atoms with Crippen LogP contribution < -0.4 is 0 Å². The van der Waals surface area contributed by atoms with Crippen molar-refractivity contribution in [3.63, 3.8) is 0 Å². The summed E-state index contributed by atoms with van der Waals surface area (Å²) in [5.74, 6) is 1.95. The van der Waals surface area contributed by atoms with E-state index in [0.717, 1.165) is 32.0 Å². The van der Waals surface area contributed by atoms with Crippen LogP contribution in [0.2, 0.25) is 0 Å². The first-order valence-corrected chi connectivity index (χ1v) is 4.97. The van der Waals surface area contributed by atoms with Crippen LogP contribution in [-0.4, -0.2) is 33.1 Å². The molecule has 1 aromatic rings. The van der Waals surface area contributed by atoms with E-state index in [9.17, 15) is 0 Å². The molecule has 5 heteroatoms. The topological polar surface area (TPSA) is 60.2 Å². The molecular formula is C9H15N3O2. The molecule has 1 saturated heterocycles. The summed E-state index contributed by atoms with van der Waals surface area (Å²) in [5.41, 5.74) is 0. The van der Waals surface area contributed by atoms with E-state index in [2.05, 4.69) is 10.2 Å². The average molecular weight is 197 g/mol. The van der Waals surface area contributed by atoms with Crippen molar-refractivity contribution in [1.82, 2.24) is 14.8 Å². The van der Waals surface area contributed by atoms with E-state index in [4.69, 9.17) is 9.84 Å². The normalized spacial score (nSPS) is 21.7. The number of aliphatic hydroxyl groups excluding tert-OH is 1. The maximum Gasteiger partial charge on any atom is 0.158 e. The Morgan fingerprint density at radius 2 is 2.43 bits per heavy atom. The second-order valence-corrected chi connectivity index (χ2v) is 3.44. The molecule has 1 aliphatic rings. The molecule has 0 saturated carbocycles. The van der Waals surface area contributed by atoms with E-state index in [0.29, 0.717) is 11.7 Å². The SMILES string of the molecule is CCn1c(CO)nnc1C1CCOC1. The van der Waals surface area contributed by atoms with E-state index < -0.39 is 0 Å². The summed E-state index contributed by atoms with van der Waals surface area (Å²) in [7, 11) is 0. The first-order chi connectivity index (χ1) is 6.86. The molecule has 1 fully saturated rings. The zero-order chi connectivity index (χ0) is 9.97. The number of hydrogen-bond donors (Lipinski definition) is 1. The van der Waals surface area contributed by atoms with E-state index in [1.54, 1.807) is 0 Å². The standard InChI is InChI=1S/C9H15N3O2/c1-2-12-8(5-13)10-11-9(12)7-3-4-14-6-7/h7,13H,2-6H2,1H3. The Kier molecular flexibility index (Phi) is 2.79. The fourth-order valence-corrected chi connectivity index (χ4v) is 1.85. The average Bonchev–Trinajstić information content (AvgIpc) is 2.85. The maximum absolute atomic E-state index is 9.05. The zero-order valence-electron chi connectivity index (χ0n) is 8.31. The van der Waals surface area contributed by atoms with Crippen LogP contribution in [-0.2, 0) is 17.9 Å². The van der Waals surface area contributed by atoms with E-state index >= 15 is 0 Å². The van der Waals surface area contributed by atoms with Gasteiger partial charge in [-0.25, -0.2) is 0 Å². The summed E-state index contributed by atoms with van der Waals surface area (Å²) in [6.45, 7) is 4.31. The second kappa shape index (κ2) is 4.06. The van der Waals surface area contributed by atoms with Crippen molar-refractivity contribution < 1.29 is 9.84 Å². The molecule has 1 N–H and O–H groups in total. The van der Waals surface area contributed by atoms with Crippen molar-refractivity contribution in [2.75, 3.05) is 13.2 Å². The Hall–Kier alpha value is -0.940. The molecule has 2 heterocycles. The Balaban J connectivity index is 2.27. The lowest BCUT2D eigenvalue weighted by Gasteiger charge is -2.09. The lowest BCUT2D eigenvalue weighted by molar-refractivity contribution is 0.192. The van der Waals surface area contributed by atoms with Gasteiger partial charge < -0.3 is 14.4 Å². The maximum atomic E-state index is 9.05. The molecule has 5 nitrogen and oxygen atoms in total. The van der Waals surface area contributed by atoms with Gasteiger partial charge in [0.25, 0.3) is 0 Å². The largest absolute Gasteiger partial charge is 0.388 e. The minimum Gasteiger partial charge on any atom is -0.388 e. The second-order valence-electron chi connectivity index (χ2n) is 3.44. The first kappa shape index (κ1) is 9.61. The molecule has 0 aliphatic carbocycles. The highest BCUT2D eigenvalue weighted by atomic mass is 16.5. The highest BCUT2D eigenvalue weighted by Gasteiger charge is 2.24. The van der Waals surface area contributed by atoms with Crippen molar-refractivity contribution in [1.29, 1.82) is 0 Å². The van der Waals surface area contributed by atoms with Crippen LogP contribution in [0.15, 0.2) is 0 Å². The molecule has 1 atom stereocenters. The van der Waals surface area contributed by atoms with Gasteiger partial charge in [-0.1, -0.05) is 0 Å². The Bertz CT molecular complexity index is 305. The van der Waals surface area contributed by atoms with Crippen LogP contribution in [0.25, 0.3) is 0 Å². The van der Waals surface area contributed by atoms with Crippen LogP contribution in [0.5, 0.6) is 0 Å². The fourth-order valence-electron chi connectivity index (χ4n) is 1.85. The quantitative estimate of drug-likeness (QED) is 0.756. The summed E-state index contributed by atoms with van der Waals surface area (Å²) in [6, 6.07) is 0. The van der Waals surface area contributed by atoms with Gasteiger partial charge in [-0.15, -0.1) is 10.2 Å². The van der Waals surface area contributed by atoms with Gasteiger partial charge in [0.05, 0.1) is 6.61 Å². The van der Waals surface area contributed by atoms with Crippen LogP contribution in [0, 0.1) is 0 Å². The summed E-state index contributed by atoms with van der Waals surface area (Å²) >= 11 is 0. The number of rotatable bonds is 3. The predicted molar refractivity (Wildman–Crippen MR) is 49.8 cm³/mol. The monoisotopic (exact) mass is 197 g/mol. The summed E-state index contributed by atoms with van der Waals surface area (Å²) in [4.78, 5) is 0. The summed E-state index contributed by atoms with van der Waals surface area (Å²) in [5, 5.41) is 17.1. The van der Waals surface area contributed by atoms with Crippen LogP contribution in [0.3, 0.4) is 0 Å². The Morgan fingerprint density at radius 1 is 1.57 bits per heavy atom. The molecule has 0 bridgehead atoms. The zero-order valence-corrected chi connectivity index (χ0v) is 8.31. The van der Waals surface area contributed by atoms with Crippen molar-refractivity contribution in [2.24, 2.45) is 0 Å². The van der Waals surface area contributed by atoms with E-state index in [-0.39, 0.29) is 6.61 Å². The van der Waals surface area contributed by atoms with E-state index in [1.165, 1.54) is 0 Å². The summed E-state index contributed by atoms with van der Waals surface area (Å²) in [6.07, 6.45) is 1.00. The lowest BCUT2D eigenvalue weighted by Crippen LogP contribution is -2.10. The molecular weight excluding hydrogens is 182 g/mol. The summed E-state index contributed by atoms with van der Waals surface area (Å²) < 4.78 is 7.28. The molecule has 0 radical (unpaired) electrons. The fraction of sp³-hybridized carbons (Fsp3) is 0.778. The third kappa shape index (κ3) is 1.53. The van der Waals surface area contributed by atoms with Gasteiger partial charge in [0.1, 0.15) is 12.4 Å². The predicted octanol–water partition coefficient (Wildman–Crippen LogP) is 0.294. The van der Waals surface area contributed by atoms with Gasteiger partial charge in [0.15, 0.2) is 5.82 Å². The molecule has 1 aliphatic heterocycles.